The molecule has 1 heterocycles. The Bertz CT molecular complexity index is 637. The highest BCUT2D eigenvalue weighted by Gasteiger charge is 2.49. The summed E-state index contributed by atoms with van der Waals surface area (Å²) in [5, 5.41) is 10.0. The molecule has 0 radical (unpaired) electrons. The SMILES string of the molecule is COC(=O)C1=C(OS(=O)(=O)C(F)(F)F)CCN(C(O)OC(C)(C)C)C1. The fourth-order valence-electron chi connectivity index (χ4n) is 1.92. The topological polar surface area (TPSA) is 102 Å². The molecule has 0 aromatic heterocycles. The van der Waals surface area contributed by atoms with E-state index in [9.17, 15) is 31.5 Å². The maximum atomic E-state index is 12.5. The van der Waals surface area contributed by atoms with E-state index in [-0.39, 0.29) is 13.0 Å². The Balaban J connectivity index is 3.09. The number of methoxy groups -OCH3 is 1. The van der Waals surface area contributed by atoms with E-state index in [4.69, 9.17) is 4.74 Å². The van der Waals surface area contributed by atoms with Gasteiger partial charge in [0.15, 0.2) is 0 Å². The molecule has 0 aromatic carbocycles. The maximum Gasteiger partial charge on any atom is 0.534 e. The number of alkyl halides is 3. The van der Waals surface area contributed by atoms with Crippen molar-refractivity contribution >= 4 is 16.1 Å². The van der Waals surface area contributed by atoms with Crippen LogP contribution in [0.4, 0.5) is 13.2 Å². The number of carbonyl (C=O) groups is 1. The summed E-state index contributed by atoms with van der Waals surface area (Å²) >= 11 is 0. The van der Waals surface area contributed by atoms with Crippen LogP contribution >= 0.6 is 0 Å². The number of halogens is 3. The van der Waals surface area contributed by atoms with E-state index < -0.39 is 51.5 Å². The van der Waals surface area contributed by atoms with Crippen molar-refractivity contribution in [3.8, 4) is 0 Å². The molecule has 1 atom stereocenters. The van der Waals surface area contributed by atoms with Gasteiger partial charge in [0.25, 0.3) is 0 Å². The first-order valence-electron chi connectivity index (χ1n) is 7.09. The van der Waals surface area contributed by atoms with Crippen molar-refractivity contribution in [1.29, 1.82) is 0 Å². The first-order chi connectivity index (χ1) is 11.2. The third-order valence-corrected chi connectivity index (χ3v) is 4.01. The molecule has 1 N–H and O–H groups in total. The molecular weight excluding hydrogens is 371 g/mol. The molecule has 1 unspecified atom stereocenters. The number of hydrogen-bond acceptors (Lipinski definition) is 8. The molecule has 146 valence electrons. The number of rotatable bonds is 5. The van der Waals surface area contributed by atoms with Gasteiger partial charge in [-0.3, -0.25) is 4.90 Å². The van der Waals surface area contributed by atoms with Gasteiger partial charge in [-0.25, -0.2) is 4.79 Å². The van der Waals surface area contributed by atoms with Gasteiger partial charge in [-0.05, 0) is 20.8 Å². The van der Waals surface area contributed by atoms with E-state index in [2.05, 4.69) is 8.92 Å². The number of aliphatic hydroxyl groups excluding tert-OH is 1. The Labute approximate surface area is 143 Å². The number of esters is 1. The van der Waals surface area contributed by atoms with Crippen LogP contribution in [0.25, 0.3) is 0 Å². The predicted octanol–water partition coefficient (Wildman–Crippen LogP) is 1.08. The summed E-state index contributed by atoms with van der Waals surface area (Å²) in [6.07, 6.45) is -1.83. The molecule has 1 rings (SSSR count). The monoisotopic (exact) mass is 391 g/mol. The zero-order valence-electron chi connectivity index (χ0n) is 14.1. The summed E-state index contributed by atoms with van der Waals surface area (Å²) < 4.78 is 73.5. The van der Waals surface area contributed by atoms with Crippen LogP contribution in [0.1, 0.15) is 27.2 Å². The molecule has 0 aliphatic carbocycles. The van der Waals surface area contributed by atoms with E-state index in [1.165, 1.54) is 4.90 Å². The van der Waals surface area contributed by atoms with Crippen LogP contribution in [0.5, 0.6) is 0 Å². The summed E-state index contributed by atoms with van der Waals surface area (Å²) in [5.41, 5.74) is -6.81. The van der Waals surface area contributed by atoms with Crippen LogP contribution in [0.15, 0.2) is 11.3 Å². The van der Waals surface area contributed by atoms with E-state index in [0.29, 0.717) is 0 Å². The van der Waals surface area contributed by atoms with Crippen molar-refractivity contribution in [2.45, 2.75) is 44.7 Å². The fourth-order valence-corrected chi connectivity index (χ4v) is 2.46. The fraction of sp³-hybridized carbons (Fsp3) is 0.769. The Kier molecular flexibility index (Phi) is 6.48. The molecule has 0 aromatic rings. The summed E-state index contributed by atoms with van der Waals surface area (Å²) in [6.45, 7) is 4.50. The van der Waals surface area contributed by atoms with Crippen molar-refractivity contribution in [3.63, 3.8) is 0 Å². The molecule has 0 amide bonds. The minimum atomic E-state index is -5.92. The average Bonchev–Trinajstić information content (AvgIpc) is 2.43. The number of ether oxygens (including phenoxy) is 2. The number of nitrogens with zero attached hydrogens (tertiary/aromatic N) is 1. The molecule has 12 heteroatoms. The van der Waals surface area contributed by atoms with Crippen molar-refractivity contribution in [2.75, 3.05) is 20.2 Å². The zero-order chi connectivity index (χ0) is 19.6. The third-order valence-electron chi connectivity index (χ3n) is 3.02. The second-order valence-electron chi connectivity index (χ2n) is 6.15. The minimum absolute atomic E-state index is 0.0968. The predicted molar refractivity (Wildman–Crippen MR) is 78.1 cm³/mol. The van der Waals surface area contributed by atoms with Crippen LogP contribution in [0.3, 0.4) is 0 Å². The summed E-state index contributed by atoms with van der Waals surface area (Å²) in [6, 6.07) is 0. The summed E-state index contributed by atoms with van der Waals surface area (Å²) in [7, 11) is -4.94. The van der Waals surface area contributed by atoms with Gasteiger partial charge in [0.05, 0.1) is 18.3 Å². The van der Waals surface area contributed by atoms with E-state index >= 15 is 0 Å². The molecule has 1 aliphatic heterocycles. The highest BCUT2D eigenvalue weighted by atomic mass is 32.2. The van der Waals surface area contributed by atoms with Crippen molar-refractivity contribution in [3.05, 3.63) is 11.3 Å². The number of aliphatic hydroxyl groups is 1. The standard InChI is InChI=1S/C13H20F3NO7S/c1-12(2,3)23-11(19)17-6-5-9(8(7-17)10(18)22-4)24-25(20,21)13(14,15)16/h11,19H,5-7H2,1-4H3. The smallest absolute Gasteiger partial charge is 0.466 e. The molecule has 0 saturated carbocycles. The van der Waals surface area contributed by atoms with Crippen molar-refractivity contribution < 1.29 is 45.1 Å². The van der Waals surface area contributed by atoms with Gasteiger partial charge >= 0.3 is 21.6 Å². The van der Waals surface area contributed by atoms with Crippen LogP contribution in [0, 0.1) is 0 Å². The van der Waals surface area contributed by atoms with Gasteiger partial charge < -0.3 is 18.8 Å². The van der Waals surface area contributed by atoms with Gasteiger partial charge in [0, 0.05) is 19.5 Å². The van der Waals surface area contributed by atoms with Gasteiger partial charge in [-0.15, -0.1) is 0 Å². The Morgan fingerprint density at radius 2 is 1.84 bits per heavy atom. The van der Waals surface area contributed by atoms with Crippen molar-refractivity contribution in [2.24, 2.45) is 0 Å². The lowest BCUT2D eigenvalue weighted by atomic mass is 10.1. The molecule has 1 aliphatic rings. The third kappa shape index (κ3) is 5.83. The first-order valence-corrected chi connectivity index (χ1v) is 8.50. The largest absolute Gasteiger partial charge is 0.534 e. The Morgan fingerprint density at radius 3 is 2.28 bits per heavy atom. The van der Waals surface area contributed by atoms with Crippen LogP contribution in [-0.4, -0.2) is 62.1 Å². The van der Waals surface area contributed by atoms with Crippen LogP contribution < -0.4 is 0 Å². The highest BCUT2D eigenvalue weighted by Crippen LogP contribution is 2.31. The molecular formula is C13H20F3NO7S. The number of hydrogen-bond donors (Lipinski definition) is 1. The van der Waals surface area contributed by atoms with Gasteiger partial charge in [-0.1, -0.05) is 0 Å². The lowest BCUT2D eigenvalue weighted by Gasteiger charge is -2.35. The lowest BCUT2D eigenvalue weighted by Crippen LogP contribution is -2.46. The molecule has 8 nitrogen and oxygen atoms in total. The summed E-state index contributed by atoms with van der Waals surface area (Å²) in [5.74, 6) is -1.75. The van der Waals surface area contributed by atoms with Gasteiger partial charge in [0.2, 0.25) is 6.41 Å². The van der Waals surface area contributed by atoms with E-state index in [1.54, 1.807) is 20.8 Å². The first kappa shape index (κ1) is 21.7. The second-order valence-corrected chi connectivity index (χ2v) is 7.69. The molecule has 0 spiro atoms. The minimum Gasteiger partial charge on any atom is -0.466 e. The zero-order valence-corrected chi connectivity index (χ0v) is 14.9. The Morgan fingerprint density at radius 1 is 1.28 bits per heavy atom. The Hall–Kier alpha value is -1.37. The number of carbonyl (C=O) groups excluding carboxylic acids is 1. The molecule has 0 fully saturated rings. The van der Waals surface area contributed by atoms with Crippen LogP contribution in [-0.2, 0) is 28.6 Å². The van der Waals surface area contributed by atoms with Crippen LogP contribution in [0.2, 0.25) is 0 Å². The normalized spacial score (nSPS) is 18.9. The lowest BCUT2D eigenvalue weighted by molar-refractivity contribution is -0.238. The second kappa shape index (κ2) is 7.48. The van der Waals surface area contributed by atoms with Crippen molar-refractivity contribution in [1.82, 2.24) is 4.90 Å². The molecule has 0 bridgehead atoms. The molecule has 0 saturated heterocycles. The van der Waals surface area contributed by atoms with E-state index in [1.807, 2.05) is 0 Å². The maximum absolute atomic E-state index is 12.5. The quantitative estimate of drug-likeness (QED) is 0.321. The highest BCUT2D eigenvalue weighted by molar-refractivity contribution is 7.87. The average molecular weight is 391 g/mol. The summed E-state index contributed by atoms with van der Waals surface area (Å²) in [4.78, 5) is 13.0. The van der Waals surface area contributed by atoms with Gasteiger partial charge in [-0.2, -0.15) is 21.6 Å². The molecule has 25 heavy (non-hydrogen) atoms. The van der Waals surface area contributed by atoms with E-state index in [0.717, 1.165) is 7.11 Å². The van der Waals surface area contributed by atoms with Gasteiger partial charge in [0.1, 0.15) is 5.76 Å².